The van der Waals surface area contributed by atoms with Crippen LogP contribution in [-0.4, -0.2) is 31.3 Å². The average Bonchev–Trinajstić information content (AvgIpc) is 2.26. The lowest BCUT2D eigenvalue weighted by molar-refractivity contribution is 0.213. The minimum absolute atomic E-state index is 0.279. The second kappa shape index (κ2) is 5.36. The predicted molar refractivity (Wildman–Crippen MR) is 61.3 cm³/mol. The van der Waals surface area contributed by atoms with Crippen molar-refractivity contribution in [3.05, 3.63) is 34.9 Å². The first-order valence-corrected chi connectivity index (χ1v) is 4.77. The summed E-state index contributed by atoms with van der Waals surface area (Å²) in [6.07, 6.45) is 1.54. The summed E-state index contributed by atoms with van der Waals surface area (Å²) < 4.78 is 0. The molecule has 0 unspecified atom stereocenters. The second-order valence-electron chi connectivity index (χ2n) is 2.84. The minimum Gasteiger partial charge on any atom is -0.340 e. The number of hydrogen-bond donors (Lipinski definition) is 1. The number of amides is 2. The molecule has 1 aromatic rings. The van der Waals surface area contributed by atoms with Gasteiger partial charge in [0.25, 0.3) is 0 Å². The summed E-state index contributed by atoms with van der Waals surface area (Å²) in [6, 6.07) is 7.00. The average molecular weight is 226 g/mol. The van der Waals surface area contributed by atoms with Gasteiger partial charge < -0.3 is 5.32 Å². The first kappa shape index (κ1) is 11.5. The van der Waals surface area contributed by atoms with E-state index in [9.17, 15) is 4.79 Å². The van der Waals surface area contributed by atoms with Crippen molar-refractivity contribution in [1.29, 1.82) is 0 Å². The van der Waals surface area contributed by atoms with Crippen molar-refractivity contribution in [3.63, 3.8) is 0 Å². The topological polar surface area (TPSA) is 44.7 Å². The van der Waals surface area contributed by atoms with Crippen molar-refractivity contribution in [2.24, 2.45) is 5.10 Å². The molecule has 15 heavy (non-hydrogen) atoms. The number of hydrogen-bond acceptors (Lipinski definition) is 2. The molecule has 0 aliphatic rings. The Labute approximate surface area is 93.5 Å². The maximum atomic E-state index is 11.1. The van der Waals surface area contributed by atoms with Gasteiger partial charge in [0, 0.05) is 24.7 Å². The normalized spacial score (nSPS) is 10.3. The van der Waals surface area contributed by atoms with Gasteiger partial charge in [-0.1, -0.05) is 29.8 Å². The first-order chi connectivity index (χ1) is 7.15. The fourth-order valence-corrected chi connectivity index (χ4v) is 1.13. The molecule has 0 bridgehead atoms. The monoisotopic (exact) mass is 225 g/mol. The van der Waals surface area contributed by atoms with Crippen LogP contribution in [0.2, 0.25) is 5.02 Å². The number of nitrogens with zero attached hydrogens (tertiary/aromatic N) is 2. The molecule has 1 aromatic carbocycles. The SMILES string of the molecule is CNC(=O)N(C)/N=C/c1ccccc1Cl. The lowest BCUT2D eigenvalue weighted by atomic mass is 10.2. The van der Waals surface area contributed by atoms with Gasteiger partial charge in [0.05, 0.1) is 6.21 Å². The third kappa shape index (κ3) is 3.25. The van der Waals surface area contributed by atoms with Gasteiger partial charge in [0.1, 0.15) is 0 Å². The van der Waals surface area contributed by atoms with Crippen molar-refractivity contribution in [2.75, 3.05) is 14.1 Å². The molecule has 1 N–H and O–H groups in total. The summed E-state index contributed by atoms with van der Waals surface area (Å²) in [5.74, 6) is 0. The van der Waals surface area contributed by atoms with E-state index in [0.717, 1.165) is 5.56 Å². The van der Waals surface area contributed by atoms with Crippen LogP contribution in [0.5, 0.6) is 0 Å². The highest BCUT2D eigenvalue weighted by molar-refractivity contribution is 6.33. The van der Waals surface area contributed by atoms with Crippen molar-refractivity contribution >= 4 is 23.8 Å². The van der Waals surface area contributed by atoms with E-state index in [1.54, 1.807) is 20.2 Å². The predicted octanol–water partition coefficient (Wildman–Crippen LogP) is 1.95. The standard InChI is InChI=1S/C10H12ClN3O/c1-12-10(15)14(2)13-7-8-5-3-4-6-9(8)11/h3-7H,1-2H3,(H,12,15)/b13-7+. The van der Waals surface area contributed by atoms with Crippen molar-refractivity contribution < 1.29 is 4.79 Å². The van der Waals surface area contributed by atoms with Crippen LogP contribution < -0.4 is 5.32 Å². The van der Waals surface area contributed by atoms with E-state index in [1.165, 1.54) is 11.2 Å². The molecule has 1 rings (SSSR count). The molecule has 5 heteroatoms. The zero-order chi connectivity index (χ0) is 11.3. The Morgan fingerprint density at radius 3 is 2.80 bits per heavy atom. The van der Waals surface area contributed by atoms with E-state index in [-0.39, 0.29) is 6.03 Å². The lowest BCUT2D eigenvalue weighted by Crippen LogP contribution is -2.30. The highest BCUT2D eigenvalue weighted by atomic mass is 35.5. The molecule has 2 amide bonds. The summed E-state index contributed by atoms with van der Waals surface area (Å²) >= 11 is 5.91. The van der Waals surface area contributed by atoms with E-state index in [4.69, 9.17) is 11.6 Å². The van der Waals surface area contributed by atoms with E-state index < -0.39 is 0 Å². The number of carbonyl (C=O) groups excluding carboxylic acids is 1. The Balaban J connectivity index is 2.74. The van der Waals surface area contributed by atoms with E-state index in [1.807, 2.05) is 18.2 Å². The molecule has 0 aromatic heterocycles. The molecule has 0 aliphatic carbocycles. The van der Waals surface area contributed by atoms with Crippen LogP contribution in [0.3, 0.4) is 0 Å². The smallest absolute Gasteiger partial charge is 0.337 e. The van der Waals surface area contributed by atoms with Gasteiger partial charge in [-0.2, -0.15) is 5.10 Å². The molecule has 0 atom stereocenters. The molecular weight excluding hydrogens is 214 g/mol. The molecule has 4 nitrogen and oxygen atoms in total. The summed E-state index contributed by atoms with van der Waals surface area (Å²) in [4.78, 5) is 11.1. The van der Waals surface area contributed by atoms with Crippen LogP contribution in [0.25, 0.3) is 0 Å². The fraction of sp³-hybridized carbons (Fsp3) is 0.200. The number of urea groups is 1. The summed E-state index contributed by atoms with van der Waals surface area (Å²) in [6.45, 7) is 0. The lowest BCUT2D eigenvalue weighted by Gasteiger charge is -2.09. The Bertz CT molecular complexity index is 379. The highest BCUT2D eigenvalue weighted by Gasteiger charge is 2.02. The van der Waals surface area contributed by atoms with Crippen LogP contribution in [-0.2, 0) is 0 Å². The largest absolute Gasteiger partial charge is 0.340 e. The third-order valence-electron chi connectivity index (χ3n) is 1.78. The number of nitrogens with one attached hydrogen (secondary N) is 1. The molecule has 0 fully saturated rings. The van der Waals surface area contributed by atoms with E-state index >= 15 is 0 Å². The van der Waals surface area contributed by atoms with Gasteiger partial charge in [-0.15, -0.1) is 0 Å². The van der Waals surface area contributed by atoms with Gasteiger partial charge >= 0.3 is 6.03 Å². The number of halogens is 1. The maximum Gasteiger partial charge on any atom is 0.337 e. The molecule has 0 spiro atoms. The summed E-state index contributed by atoms with van der Waals surface area (Å²) in [7, 11) is 3.11. The van der Waals surface area contributed by atoms with Gasteiger partial charge in [0.2, 0.25) is 0 Å². The Kier molecular flexibility index (Phi) is 4.12. The molecule has 0 saturated heterocycles. The molecular formula is C10H12ClN3O. The minimum atomic E-state index is -0.279. The molecule has 0 radical (unpaired) electrons. The Morgan fingerprint density at radius 1 is 1.53 bits per heavy atom. The molecule has 0 heterocycles. The van der Waals surface area contributed by atoms with Crippen molar-refractivity contribution in [1.82, 2.24) is 10.3 Å². The Morgan fingerprint density at radius 2 is 2.20 bits per heavy atom. The van der Waals surface area contributed by atoms with E-state index in [2.05, 4.69) is 10.4 Å². The zero-order valence-corrected chi connectivity index (χ0v) is 9.32. The fourth-order valence-electron chi connectivity index (χ4n) is 0.943. The van der Waals surface area contributed by atoms with Crippen molar-refractivity contribution in [3.8, 4) is 0 Å². The van der Waals surface area contributed by atoms with Gasteiger partial charge in [-0.05, 0) is 6.07 Å². The van der Waals surface area contributed by atoms with Gasteiger partial charge in [-0.25, -0.2) is 9.80 Å². The Hall–Kier alpha value is -1.55. The second-order valence-corrected chi connectivity index (χ2v) is 3.25. The number of hydrazone groups is 1. The summed E-state index contributed by atoms with van der Waals surface area (Å²) in [5, 5.41) is 8.19. The quantitative estimate of drug-likeness (QED) is 0.607. The van der Waals surface area contributed by atoms with Crippen LogP contribution in [0, 0.1) is 0 Å². The van der Waals surface area contributed by atoms with Gasteiger partial charge in [0.15, 0.2) is 0 Å². The van der Waals surface area contributed by atoms with E-state index in [0.29, 0.717) is 5.02 Å². The van der Waals surface area contributed by atoms with Crippen LogP contribution in [0.15, 0.2) is 29.4 Å². The van der Waals surface area contributed by atoms with Crippen LogP contribution in [0.4, 0.5) is 4.79 Å². The molecule has 80 valence electrons. The first-order valence-electron chi connectivity index (χ1n) is 4.39. The number of carbonyl (C=O) groups is 1. The maximum absolute atomic E-state index is 11.1. The highest BCUT2D eigenvalue weighted by Crippen LogP contribution is 2.12. The third-order valence-corrected chi connectivity index (χ3v) is 2.13. The summed E-state index contributed by atoms with van der Waals surface area (Å²) in [5.41, 5.74) is 0.773. The van der Waals surface area contributed by atoms with Crippen LogP contribution >= 0.6 is 11.6 Å². The van der Waals surface area contributed by atoms with Crippen LogP contribution in [0.1, 0.15) is 5.56 Å². The van der Waals surface area contributed by atoms with Gasteiger partial charge in [-0.3, -0.25) is 0 Å². The van der Waals surface area contributed by atoms with Crippen molar-refractivity contribution in [2.45, 2.75) is 0 Å². The number of rotatable bonds is 2. The number of benzene rings is 1. The zero-order valence-electron chi connectivity index (χ0n) is 8.57. The molecule has 0 saturated carbocycles. The molecule has 0 aliphatic heterocycles.